The molecule has 0 saturated heterocycles. The third kappa shape index (κ3) is 3.09. The molecule has 0 aromatic heterocycles. The van der Waals surface area contributed by atoms with Gasteiger partial charge in [-0.25, -0.2) is 4.79 Å². The van der Waals surface area contributed by atoms with Gasteiger partial charge in [0.2, 0.25) is 0 Å². The number of hydrogen-bond acceptors (Lipinski definition) is 2. The normalized spacial score (nSPS) is 10.6. The van der Waals surface area contributed by atoms with Gasteiger partial charge >= 0.3 is 5.97 Å². The van der Waals surface area contributed by atoms with E-state index in [4.69, 9.17) is 9.84 Å². The molecule has 0 unspecified atom stereocenters. The van der Waals surface area contributed by atoms with Crippen LogP contribution in [0.4, 0.5) is 0 Å². The van der Waals surface area contributed by atoms with Crippen molar-refractivity contribution in [1.29, 1.82) is 0 Å². The van der Waals surface area contributed by atoms with Gasteiger partial charge in [-0.3, -0.25) is 0 Å². The van der Waals surface area contributed by atoms with E-state index in [1.54, 1.807) is 19.3 Å². The SMILES string of the molecule is COc1cc(Br)c(C)c(/C=C/C(=O)O)c1. The molecule has 15 heavy (non-hydrogen) atoms. The van der Waals surface area contributed by atoms with Crippen LogP contribution in [0.1, 0.15) is 11.1 Å². The molecule has 0 aliphatic carbocycles. The van der Waals surface area contributed by atoms with Gasteiger partial charge in [0, 0.05) is 10.5 Å². The van der Waals surface area contributed by atoms with E-state index in [2.05, 4.69) is 15.9 Å². The average Bonchev–Trinajstić information content (AvgIpc) is 2.19. The van der Waals surface area contributed by atoms with Gasteiger partial charge in [0.25, 0.3) is 0 Å². The first-order valence-corrected chi connectivity index (χ1v) is 5.09. The standard InChI is InChI=1S/C11H11BrO3/c1-7-8(3-4-11(13)14)5-9(15-2)6-10(7)12/h3-6H,1-2H3,(H,13,14)/b4-3+. The minimum atomic E-state index is -0.964. The van der Waals surface area contributed by atoms with Crippen molar-refractivity contribution in [2.45, 2.75) is 6.92 Å². The highest BCUT2D eigenvalue weighted by molar-refractivity contribution is 9.10. The molecule has 1 aromatic rings. The van der Waals surface area contributed by atoms with Crippen molar-refractivity contribution in [3.63, 3.8) is 0 Å². The number of hydrogen-bond donors (Lipinski definition) is 1. The van der Waals surface area contributed by atoms with Crippen LogP contribution < -0.4 is 4.74 Å². The van der Waals surface area contributed by atoms with Gasteiger partial charge in [-0.1, -0.05) is 15.9 Å². The lowest BCUT2D eigenvalue weighted by Crippen LogP contribution is -1.90. The van der Waals surface area contributed by atoms with E-state index in [0.717, 1.165) is 21.7 Å². The Morgan fingerprint density at radius 1 is 1.53 bits per heavy atom. The number of halogens is 1. The number of benzene rings is 1. The maximum atomic E-state index is 10.4. The molecule has 0 radical (unpaired) electrons. The molecule has 1 aromatic carbocycles. The van der Waals surface area contributed by atoms with Crippen LogP contribution in [0.3, 0.4) is 0 Å². The zero-order valence-electron chi connectivity index (χ0n) is 8.45. The topological polar surface area (TPSA) is 46.5 Å². The van der Waals surface area contributed by atoms with Crippen LogP contribution >= 0.6 is 15.9 Å². The molecule has 0 saturated carbocycles. The summed E-state index contributed by atoms with van der Waals surface area (Å²) in [6.07, 6.45) is 2.65. The van der Waals surface area contributed by atoms with Gasteiger partial charge in [0.1, 0.15) is 5.75 Å². The first-order valence-electron chi connectivity index (χ1n) is 4.29. The van der Waals surface area contributed by atoms with E-state index in [0.29, 0.717) is 5.75 Å². The summed E-state index contributed by atoms with van der Waals surface area (Å²) < 4.78 is 5.98. The van der Waals surface area contributed by atoms with Gasteiger partial charge in [0.05, 0.1) is 7.11 Å². The number of aliphatic carboxylic acids is 1. The van der Waals surface area contributed by atoms with Crippen molar-refractivity contribution in [3.8, 4) is 5.75 Å². The van der Waals surface area contributed by atoms with Crippen LogP contribution in [0, 0.1) is 6.92 Å². The van der Waals surface area contributed by atoms with Crippen LogP contribution in [-0.4, -0.2) is 18.2 Å². The molecule has 0 amide bonds. The molecule has 1 rings (SSSR count). The third-order valence-electron chi connectivity index (χ3n) is 2.00. The Morgan fingerprint density at radius 2 is 2.20 bits per heavy atom. The summed E-state index contributed by atoms with van der Waals surface area (Å²) in [7, 11) is 1.57. The monoisotopic (exact) mass is 270 g/mol. The highest BCUT2D eigenvalue weighted by Gasteiger charge is 2.03. The van der Waals surface area contributed by atoms with E-state index in [1.165, 1.54) is 0 Å². The molecule has 0 bridgehead atoms. The van der Waals surface area contributed by atoms with Crippen LogP contribution in [0.15, 0.2) is 22.7 Å². The lowest BCUT2D eigenvalue weighted by Gasteiger charge is -2.07. The lowest BCUT2D eigenvalue weighted by atomic mass is 10.1. The van der Waals surface area contributed by atoms with E-state index >= 15 is 0 Å². The zero-order chi connectivity index (χ0) is 11.4. The summed E-state index contributed by atoms with van der Waals surface area (Å²) in [6.45, 7) is 1.91. The Morgan fingerprint density at radius 3 is 2.73 bits per heavy atom. The summed E-state index contributed by atoms with van der Waals surface area (Å²) in [6, 6.07) is 3.63. The van der Waals surface area contributed by atoms with Crippen molar-refractivity contribution >= 4 is 28.0 Å². The number of rotatable bonds is 3. The summed E-state index contributed by atoms with van der Waals surface area (Å²) in [5.41, 5.74) is 1.80. The van der Waals surface area contributed by atoms with Gasteiger partial charge < -0.3 is 9.84 Å². The van der Waals surface area contributed by atoms with Gasteiger partial charge in [0.15, 0.2) is 0 Å². The van der Waals surface area contributed by atoms with E-state index < -0.39 is 5.97 Å². The van der Waals surface area contributed by atoms with Crippen LogP contribution in [0.25, 0.3) is 6.08 Å². The Balaban J connectivity index is 3.16. The first-order chi connectivity index (χ1) is 7.04. The number of carboxylic acids is 1. The van der Waals surface area contributed by atoms with Crippen molar-refractivity contribution in [2.24, 2.45) is 0 Å². The number of ether oxygens (including phenoxy) is 1. The predicted molar refractivity (Wildman–Crippen MR) is 62.1 cm³/mol. The molecule has 80 valence electrons. The molecule has 0 heterocycles. The minimum absolute atomic E-state index is 0.692. The Hall–Kier alpha value is -1.29. The minimum Gasteiger partial charge on any atom is -0.497 e. The molecule has 1 N–H and O–H groups in total. The Bertz CT molecular complexity index is 411. The fourth-order valence-electron chi connectivity index (χ4n) is 1.13. The number of carboxylic acid groups (broad SMARTS) is 1. The van der Waals surface area contributed by atoms with Crippen LogP contribution in [-0.2, 0) is 4.79 Å². The molecule has 0 aliphatic rings. The van der Waals surface area contributed by atoms with Crippen molar-refractivity contribution < 1.29 is 14.6 Å². The third-order valence-corrected chi connectivity index (χ3v) is 2.82. The fraction of sp³-hybridized carbons (Fsp3) is 0.182. The molecule has 0 spiro atoms. The maximum Gasteiger partial charge on any atom is 0.328 e. The highest BCUT2D eigenvalue weighted by atomic mass is 79.9. The predicted octanol–water partition coefficient (Wildman–Crippen LogP) is 2.86. The van der Waals surface area contributed by atoms with E-state index in [1.807, 2.05) is 13.0 Å². The molecule has 4 heteroatoms. The largest absolute Gasteiger partial charge is 0.497 e. The van der Waals surface area contributed by atoms with Crippen LogP contribution in [0.2, 0.25) is 0 Å². The second-order valence-electron chi connectivity index (χ2n) is 3.00. The summed E-state index contributed by atoms with van der Waals surface area (Å²) in [4.78, 5) is 10.4. The van der Waals surface area contributed by atoms with Crippen molar-refractivity contribution in [3.05, 3.63) is 33.8 Å². The van der Waals surface area contributed by atoms with Crippen molar-refractivity contribution in [1.82, 2.24) is 0 Å². The maximum absolute atomic E-state index is 10.4. The average molecular weight is 271 g/mol. The van der Waals surface area contributed by atoms with E-state index in [-0.39, 0.29) is 0 Å². The smallest absolute Gasteiger partial charge is 0.328 e. The highest BCUT2D eigenvalue weighted by Crippen LogP contribution is 2.27. The summed E-state index contributed by atoms with van der Waals surface area (Å²) in [5, 5.41) is 8.53. The van der Waals surface area contributed by atoms with Crippen molar-refractivity contribution in [2.75, 3.05) is 7.11 Å². The van der Waals surface area contributed by atoms with Crippen LogP contribution in [0.5, 0.6) is 5.75 Å². The molecular formula is C11H11BrO3. The molecule has 3 nitrogen and oxygen atoms in total. The summed E-state index contributed by atoms with van der Waals surface area (Å²) in [5.74, 6) is -0.272. The van der Waals surface area contributed by atoms with E-state index in [9.17, 15) is 4.79 Å². The molecule has 0 atom stereocenters. The van der Waals surface area contributed by atoms with Gasteiger partial charge in [-0.05, 0) is 36.3 Å². The zero-order valence-corrected chi connectivity index (χ0v) is 10.0. The molecule has 0 fully saturated rings. The molecular weight excluding hydrogens is 260 g/mol. The first kappa shape index (κ1) is 11.8. The number of carbonyl (C=O) groups is 1. The lowest BCUT2D eigenvalue weighted by molar-refractivity contribution is -0.131. The molecule has 0 aliphatic heterocycles. The van der Waals surface area contributed by atoms with Gasteiger partial charge in [-0.15, -0.1) is 0 Å². The quantitative estimate of drug-likeness (QED) is 0.860. The van der Waals surface area contributed by atoms with Gasteiger partial charge in [-0.2, -0.15) is 0 Å². The second-order valence-corrected chi connectivity index (χ2v) is 3.85. The Labute approximate surface area is 96.5 Å². The Kier molecular flexibility index (Phi) is 3.91. The second kappa shape index (κ2) is 4.98. The fourth-order valence-corrected chi connectivity index (χ4v) is 1.58. The summed E-state index contributed by atoms with van der Waals surface area (Å²) >= 11 is 3.38. The number of methoxy groups -OCH3 is 1.